The third-order valence-electron chi connectivity index (χ3n) is 3.18. The number of aromatic nitrogens is 2. The van der Waals surface area contributed by atoms with Gasteiger partial charge in [0.25, 0.3) is 0 Å². The number of nitrogens with zero attached hydrogens (tertiary/aromatic N) is 2. The SMILES string of the molecule is NC(=S)c1cc(Cn2cnc3ccccc32)ccc1F. The molecular formula is C15H12FN3S. The van der Waals surface area contributed by atoms with Crippen molar-refractivity contribution in [1.82, 2.24) is 9.55 Å². The van der Waals surface area contributed by atoms with Crippen LogP contribution in [-0.4, -0.2) is 14.5 Å². The highest BCUT2D eigenvalue weighted by molar-refractivity contribution is 7.80. The molecule has 2 aromatic carbocycles. The van der Waals surface area contributed by atoms with Gasteiger partial charge in [0.2, 0.25) is 0 Å². The van der Waals surface area contributed by atoms with Crippen molar-refractivity contribution in [3.8, 4) is 0 Å². The summed E-state index contributed by atoms with van der Waals surface area (Å²) in [5, 5.41) is 0. The lowest BCUT2D eigenvalue weighted by molar-refractivity contribution is 0.624. The molecule has 5 heteroatoms. The Morgan fingerprint density at radius 1 is 1.25 bits per heavy atom. The van der Waals surface area contributed by atoms with Crippen LogP contribution in [0.25, 0.3) is 11.0 Å². The number of para-hydroxylation sites is 2. The molecule has 0 unspecified atom stereocenters. The van der Waals surface area contributed by atoms with Gasteiger partial charge in [-0.05, 0) is 29.8 Å². The van der Waals surface area contributed by atoms with Gasteiger partial charge in [-0.1, -0.05) is 30.4 Å². The predicted molar refractivity (Wildman–Crippen MR) is 81.1 cm³/mol. The maximum atomic E-state index is 13.6. The first-order valence-corrected chi connectivity index (χ1v) is 6.54. The number of hydrogen-bond acceptors (Lipinski definition) is 2. The van der Waals surface area contributed by atoms with Gasteiger partial charge in [-0.2, -0.15) is 0 Å². The fraction of sp³-hybridized carbons (Fsp3) is 0.0667. The molecule has 100 valence electrons. The zero-order valence-electron chi connectivity index (χ0n) is 10.6. The first-order valence-electron chi connectivity index (χ1n) is 6.13. The molecule has 20 heavy (non-hydrogen) atoms. The summed E-state index contributed by atoms with van der Waals surface area (Å²) in [6.07, 6.45) is 1.77. The standard InChI is InChI=1S/C15H12FN3S/c16-12-6-5-10(7-11(12)15(17)20)8-19-9-18-13-3-1-2-4-14(13)19/h1-7,9H,8H2,(H2,17,20). The first-order chi connectivity index (χ1) is 9.65. The van der Waals surface area contributed by atoms with E-state index in [1.54, 1.807) is 18.5 Å². The van der Waals surface area contributed by atoms with E-state index in [0.717, 1.165) is 16.6 Å². The second kappa shape index (κ2) is 5.02. The molecule has 0 saturated heterocycles. The van der Waals surface area contributed by atoms with Gasteiger partial charge >= 0.3 is 0 Å². The summed E-state index contributed by atoms with van der Waals surface area (Å²) < 4.78 is 15.6. The molecule has 0 fully saturated rings. The van der Waals surface area contributed by atoms with E-state index in [1.807, 2.05) is 28.8 Å². The van der Waals surface area contributed by atoms with Crippen LogP contribution in [0.15, 0.2) is 48.8 Å². The molecule has 0 amide bonds. The lowest BCUT2D eigenvalue weighted by atomic mass is 10.1. The molecule has 0 spiro atoms. The van der Waals surface area contributed by atoms with Crippen LogP contribution in [0.1, 0.15) is 11.1 Å². The van der Waals surface area contributed by atoms with E-state index in [9.17, 15) is 4.39 Å². The topological polar surface area (TPSA) is 43.8 Å². The Kier molecular flexibility index (Phi) is 3.20. The smallest absolute Gasteiger partial charge is 0.133 e. The second-order valence-corrected chi connectivity index (χ2v) is 4.98. The lowest BCUT2D eigenvalue weighted by Crippen LogP contribution is -2.12. The van der Waals surface area contributed by atoms with Crippen LogP contribution in [0.2, 0.25) is 0 Å². The minimum atomic E-state index is -0.392. The molecule has 0 bridgehead atoms. The van der Waals surface area contributed by atoms with Crippen LogP contribution in [0.3, 0.4) is 0 Å². The Bertz CT molecular complexity index is 795. The largest absolute Gasteiger partial charge is 0.389 e. The molecule has 0 aliphatic carbocycles. The van der Waals surface area contributed by atoms with E-state index < -0.39 is 5.82 Å². The van der Waals surface area contributed by atoms with Crippen LogP contribution in [0.5, 0.6) is 0 Å². The molecule has 0 radical (unpaired) electrons. The van der Waals surface area contributed by atoms with Gasteiger partial charge in [0, 0.05) is 12.1 Å². The fourth-order valence-electron chi connectivity index (χ4n) is 2.19. The van der Waals surface area contributed by atoms with Crippen molar-refractivity contribution in [2.45, 2.75) is 6.54 Å². The summed E-state index contributed by atoms with van der Waals surface area (Å²) in [6, 6.07) is 12.7. The van der Waals surface area contributed by atoms with Gasteiger partial charge in [0.1, 0.15) is 10.8 Å². The predicted octanol–water partition coefficient (Wildman–Crippen LogP) is 2.86. The molecular weight excluding hydrogens is 273 g/mol. The molecule has 0 aliphatic rings. The zero-order chi connectivity index (χ0) is 14.1. The summed E-state index contributed by atoms with van der Waals surface area (Å²) in [5.74, 6) is -0.392. The van der Waals surface area contributed by atoms with Crippen molar-refractivity contribution < 1.29 is 4.39 Å². The van der Waals surface area contributed by atoms with Gasteiger partial charge in [-0.15, -0.1) is 0 Å². The molecule has 1 aromatic heterocycles. The average molecular weight is 285 g/mol. The van der Waals surface area contributed by atoms with Crippen molar-refractivity contribution in [2.75, 3.05) is 0 Å². The van der Waals surface area contributed by atoms with Crippen molar-refractivity contribution in [2.24, 2.45) is 5.73 Å². The highest BCUT2D eigenvalue weighted by Crippen LogP contribution is 2.16. The first kappa shape index (κ1) is 12.7. The molecule has 0 atom stereocenters. The number of halogens is 1. The monoisotopic (exact) mass is 285 g/mol. The number of fused-ring (bicyclic) bond motifs is 1. The minimum Gasteiger partial charge on any atom is -0.389 e. The van der Waals surface area contributed by atoms with Gasteiger partial charge in [-0.3, -0.25) is 0 Å². The highest BCUT2D eigenvalue weighted by Gasteiger charge is 2.08. The number of thiocarbonyl (C=S) groups is 1. The second-order valence-electron chi connectivity index (χ2n) is 4.54. The Balaban J connectivity index is 1.99. The minimum absolute atomic E-state index is 0.0693. The van der Waals surface area contributed by atoms with Crippen LogP contribution in [-0.2, 0) is 6.54 Å². The van der Waals surface area contributed by atoms with Crippen LogP contribution < -0.4 is 5.73 Å². The van der Waals surface area contributed by atoms with E-state index in [0.29, 0.717) is 6.54 Å². The van der Waals surface area contributed by atoms with Gasteiger partial charge in [0.05, 0.1) is 17.4 Å². The number of nitrogens with two attached hydrogens (primary N) is 1. The average Bonchev–Trinajstić information content (AvgIpc) is 2.84. The summed E-state index contributed by atoms with van der Waals surface area (Å²) in [6.45, 7) is 0.594. The van der Waals surface area contributed by atoms with Crippen LogP contribution >= 0.6 is 12.2 Å². The number of rotatable bonds is 3. The summed E-state index contributed by atoms with van der Waals surface area (Å²) in [4.78, 5) is 4.40. The molecule has 0 aliphatic heterocycles. The summed E-state index contributed by atoms with van der Waals surface area (Å²) in [5.41, 5.74) is 8.70. The van der Waals surface area contributed by atoms with E-state index in [2.05, 4.69) is 4.98 Å². The van der Waals surface area contributed by atoms with Crippen molar-refractivity contribution in [1.29, 1.82) is 0 Å². The van der Waals surface area contributed by atoms with E-state index in [1.165, 1.54) is 6.07 Å². The molecule has 2 N–H and O–H groups in total. The quantitative estimate of drug-likeness (QED) is 0.753. The molecule has 3 nitrogen and oxygen atoms in total. The number of benzene rings is 2. The van der Waals surface area contributed by atoms with Gasteiger partial charge < -0.3 is 10.3 Å². The lowest BCUT2D eigenvalue weighted by Gasteiger charge is -2.07. The maximum Gasteiger partial charge on any atom is 0.133 e. The molecule has 3 aromatic rings. The van der Waals surface area contributed by atoms with Crippen molar-refractivity contribution in [3.05, 3.63) is 65.7 Å². The van der Waals surface area contributed by atoms with Crippen LogP contribution in [0.4, 0.5) is 4.39 Å². The Morgan fingerprint density at radius 2 is 2.05 bits per heavy atom. The molecule has 1 heterocycles. The van der Waals surface area contributed by atoms with E-state index in [-0.39, 0.29) is 10.6 Å². The van der Waals surface area contributed by atoms with Crippen molar-refractivity contribution in [3.63, 3.8) is 0 Å². The van der Waals surface area contributed by atoms with Crippen LogP contribution in [0, 0.1) is 5.82 Å². The third kappa shape index (κ3) is 2.28. The van der Waals surface area contributed by atoms with Gasteiger partial charge in [-0.25, -0.2) is 9.37 Å². The normalized spacial score (nSPS) is 10.8. The Morgan fingerprint density at radius 3 is 2.85 bits per heavy atom. The van der Waals surface area contributed by atoms with Gasteiger partial charge in [0.15, 0.2) is 0 Å². The number of hydrogen-bond donors (Lipinski definition) is 1. The fourth-order valence-corrected chi connectivity index (χ4v) is 2.35. The maximum absolute atomic E-state index is 13.6. The molecule has 3 rings (SSSR count). The highest BCUT2D eigenvalue weighted by atomic mass is 32.1. The van der Waals surface area contributed by atoms with E-state index >= 15 is 0 Å². The number of imidazole rings is 1. The Labute approximate surface area is 120 Å². The molecule has 0 saturated carbocycles. The van der Waals surface area contributed by atoms with Crippen molar-refractivity contribution >= 4 is 28.2 Å². The summed E-state index contributed by atoms with van der Waals surface area (Å²) >= 11 is 4.85. The summed E-state index contributed by atoms with van der Waals surface area (Å²) in [7, 11) is 0. The zero-order valence-corrected chi connectivity index (χ0v) is 11.4. The van der Waals surface area contributed by atoms with E-state index in [4.69, 9.17) is 18.0 Å². The third-order valence-corrected chi connectivity index (χ3v) is 3.40. The Hall–Kier alpha value is -2.27.